The first-order chi connectivity index (χ1) is 16.1. The van der Waals surface area contributed by atoms with Gasteiger partial charge in [0.05, 0.1) is 5.92 Å². The van der Waals surface area contributed by atoms with E-state index in [2.05, 4.69) is 10.6 Å². The number of carbonyl (C=O) groups is 2. The molecule has 5 N–H and O–H groups in total. The van der Waals surface area contributed by atoms with Gasteiger partial charge in [0.15, 0.2) is 0 Å². The van der Waals surface area contributed by atoms with Crippen LogP contribution in [0.5, 0.6) is 5.75 Å². The van der Waals surface area contributed by atoms with Gasteiger partial charge in [-0.3, -0.25) is 9.59 Å². The second kappa shape index (κ2) is 10.5. The maximum atomic E-state index is 14.2. The lowest BCUT2D eigenvalue weighted by molar-refractivity contribution is -0.154. The normalized spacial score (nSPS) is 21.5. The fourth-order valence-corrected chi connectivity index (χ4v) is 5.23. The number of rotatable bonds is 9. The third-order valence-electron chi connectivity index (χ3n) is 6.59. The predicted molar refractivity (Wildman–Crippen MR) is 123 cm³/mol. The van der Waals surface area contributed by atoms with Crippen LogP contribution in [0.15, 0.2) is 42.5 Å². The van der Waals surface area contributed by atoms with E-state index in [1.807, 2.05) is 0 Å². The second-order valence-corrected chi connectivity index (χ2v) is 9.16. The van der Waals surface area contributed by atoms with Gasteiger partial charge in [0.2, 0.25) is 12.3 Å². The van der Waals surface area contributed by atoms with Crippen molar-refractivity contribution in [2.24, 2.45) is 5.41 Å². The van der Waals surface area contributed by atoms with Crippen LogP contribution in [0.25, 0.3) is 0 Å². The SMILES string of the molecule is Nc1cc(Cl)cc(C(CCC2(CCNC=O)CC(=O)NCC2c2ccccc2O)C(F)(F)F)c1. The number of phenols is 1. The summed E-state index contributed by atoms with van der Waals surface area (Å²) in [6.07, 6.45) is -4.12. The molecule has 10 heteroatoms. The summed E-state index contributed by atoms with van der Waals surface area (Å²) in [6.45, 7) is 0.347. The van der Waals surface area contributed by atoms with E-state index in [4.69, 9.17) is 17.3 Å². The number of aromatic hydroxyl groups is 1. The van der Waals surface area contributed by atoms with E-state index >= 15 is 0 Å². The quantitative estimate of drug-likeness (QED) is 0.233. The van der Waals surface area contributed by atoms with E-state index in [0.29, 0.717) is 12.0 Å². The monoisotopic (exact) mass is 497 g/mol. The highest BCUT2D eigenvalue weighted by molar-refractivity contribution is 6.30. The topological polar surface area (TPSA) is 104 Å². The molecule has 1 fully saturated rings. The molecule has 1 aliphatic rings. The number of amides is 2. The Hall–Kier alpha value is -2.94. The van der Waals surface area contributed by atoms with Crippen LogP contribution in [0.1, 0.15) is 48.6 Å². The molecule has 0 aromatic heterocycles. The summed E-state index contributed by atoms with van der Waals surface area (Å²) in [6, 6.07) is 10.5. The Morgan fingerprint density at radius 1 is 1.26 bits per heavy atom. The van der Waals surface area contributed by atoms with Crippen LogP contribution >= 0.6 is 11.6 Å². The Labute approximate surface area is 200 Å². The molecule has 0 radical (unpaired) electrons. The molecule has 34 heavy (non-hydrogen) atoms. The molecule has 0 aliphatic carbocycles. The molecule has 3 atom stereocenters. The maximum Gasteiger partial charge on any atom is 0.395 e. The largest absolute Gasteiger partial charge is 0.508 e. The molecular weight excluding hydrogens is 471 g/mol. The molecule has 184 valence electrons. The van der Waals surface area contributed by atoms with Crippen LogP contribution in [0, 0.1) is 5.41 Å². The average Bonchev–Trinajstić information content (AvgIpc) is 2.73. The van der Waals surface area contributed by atoms with Gasteiger partial charge in [0.1, 0.15) is 5.75 Å². The van der Waals surface area contributed by atoms with Crippen molar-refractivity contribution in [1.82, 2.24) is 10.6 Å². The molecule has 2 amide bonds. The van der Waals surface area contributed by atoms with Gasteiger partial charge in [-0.1, -0.05) is 29.8 Å². The number of para-hydroxylation sites is 1. The number of hydrogen-bond acceptors (Lipinski definition) is 4. The molecule has 2 aromatic carbocycles. The molecule has 3 unspecified atom stereocenters. The highest BCUT2D eigenvalue weighted by Gasteiger charge is 2.48. The Morgan fingerprint density at radius 3 is 2.65 bits per heavy atom. The molecule has 0 saturated carbocycles. The first-order valence-corrected chi connectivity index (χ1v) is 11.3. The number of alkyl halides is 3. The van der Waals surface area contributed by atoms with Crippen molar-refractivity contribution in [3.05, 3.63) is 58.6 Å². The van der Waals surface area contributed by atoms with Crippen molar-refractivity contribution in [3.63, 3.8) is 0 Å². The minimum Gasteiger partial charge on any atom is -0.508 e. The summed E-state index contributed by atoms with van der Waals surface area (Å²) in [5, 5.41) is 15.9. The molecule has 0 spiro atoms. The number of nitrogens with two attached hydrogens (primary N) is 1. The fourth-order valence-electron chi connectivity index (χ4n) is 4.98. The first kappa shape index (κ1) is 25.7. The molecule has 0 bridgehead atoms. The van der Waals surface area contributed by atoms with Gasteiger partial charge in [0.25, 0.3) is 0 Å². The summed E-state index contributed by atoms with van der Waals surface area (Å²) < 4.78 is 42.5. The number of hydrogen-bond donors (Lipinski definition) is 4. The van der Waals surface area contributed by atoms with Crippen molar-refractivity contribution in [2.45, 2.75) is 43.7 Å². The fraction of sp³-hybridized carbons (Fsp3) is 0.417. The van der Waals surface area contributed by atoms with Crippen LogP contribution in [-0.4, -0.2) is 36.7 Å². The van der Waals surface area contributed by atoms with E-state index in [1.54, 1.807) is 18.2 Å². The molecule has 3 rings (SSSR count). The van der Waals surface area contributed by atoms with E-state index in [9.17, 15) is 27.9 Å². The Bertz CT molecular complexity index is 1010. The highest BCUT2D eigenvalue weighted by Crippen LogP contribution is 2.52. The van der Waals surface area contributed by atoms with Gasteiger partial charge in [0, 0.05) is 36.1 Å². The second-order valence-electron chi connectivity index (χ2n) is 8.73. The Morgan fingerprint density at radius 2 is 2.00 bits per heavy atom. The number of halogens is 4. The summed E-state index contributed by atoms with van der Waals surface area (Å²) >= 11 is 5.98. The van der Waals surface area contributed by atoms with Crippen LogP contribution < -0.4 is 16.4 Å². The maximum absolute atomic E-state index is 14.2. The Kier molecular flexibility index (Phi) is 7.97. The number of piperidine rings is 1. The predicted octanol–water partition coefficient (Wildman–Crippen LogP) is 4.48. The zero-order valence-corrected chi connectivity index (χ0v) is 19.1. The minimum absolute atomic E-state index is 0.00589. The molecular formula is C24H27ClF3N3O3. The van der Waals surface area contributed by atoms with Crippen molar-refractivity contribution >= 4 is 29.6 Å². The highest BCUT2D eigenvalue weighted by atomic mass is 35.5. The van der Waals surface area contributed by atoms with E-state index in [-0.39, 0.29) is 66.7 Å². The summed E-state index contributed by atoms with van der Waals surface area (Å²) in [7, 11) is 0. The van der Waals surface area contributed by atoms with Gasteiger partial charge >= 0.3 is 6.18 Å². The lowest BCUT2D eigenvalue weighted by Crippen LogP contribution is -2.48. The third-order valence-corrected chi connectivity index (χ3v) is 6.81. The average molecular weight is 498 g/mol. The number of phenolic OH excluding ortho intramolecular Hbond substituents is 1. The van der Waals surface area contributed by atoms with E-state index in [1.165, 1.54) is 24.3 Å². The summed E-state index contributed by atoms with van der Waals surface area (Å²) in [5.41, 5.74) is 5.45. The van der Waals surface area contributed by atoms with Crippen molar-refractivity contribution < 1.29 is 27.9 Å². The number of nitrogens with one attached hydrogen (secondary N) is 2. The molecule has 1 heterocycles. The van der Waals surface area contributed by atoms with Crippen molar-refractivity contribution in [1.29, 1.82) is 0 Å². The van der Waals surface area contributed by atoms with Gasteiger partial charge in [-0.05, 0) is 60.1 Å². The number of carbonyl (C=O) groups excluding carboxylic acids is 2. The van der Waals surface area contributed by atoms with E-state index in [0.717, 1.165) is 0 Å². The van der Waals surface area contributed by atoms with Gasteiger partial charge in [-0.15, -0.1) is 0 Å². The van der Waals surface area contributed by atoms with Gasteiger partial charge in [-0.25, -0.2) is 0 Å². The zero-order chi connectivity index (χ0) is 24.9. The number of nitrogen functional groups attached to an aromatic ring is 1. The molecule has 2 aromatic rings. The minimum atomic E-state index is -4.57. The smallest absolute Gasteiger partial charge is 0.395 e. The van der Waals surface area contributed by atoms with Crippen LogP contribution in [0.4, 0.5) is 18.9 Å². The van der Waals surface area contributed by atoms with Gasteiger partial charge in [-0.2, -0.15) is 13.2 Å². The summed E-state index contributed by atoms with van der Waals surface area (Å²) in [5.74, 6) is -2.57. The van der Waals surface area contributed by atoms with Crippen molar-refractivity contribution in [2.75, 3.05) is 18.8 Å². The number of anilines is 1. The first-order valence-electron chi connectivity index (χ1n) is 10.9. The summed E-state index contributed by atoms with van der Waals surface area (Å²) in [4.78, 5) is 23.3. The zero-order valence-electron chi connectivity index (χ0n) is 18.4. The van der Waals surface area contributed by atoms with Crippen LogP contribution in [-0.2, 0) is 9.59 Å². The third kappa shape index (κ3) is 5.94. The van der Waals surface area contributed by atoms with Crippen LogP contribution in [0.3, 0.4) is 0 Å². The molecule has 1 aliphatic heterocycles. The van der Waals surface area contributed by atoms with Crippen LogP contribution in [0.2, 0.25) is 5.02 Å². The van der Waals surface area contributed by atoms with Gasteiger partial charge < -0.3 is 21.5 Å². The lowest BCUT2D eigenvalue weighted by atomic mass is 9.62. The molecule has 6 nitrogen and oxygen atoms in total. The molecule has 1 saturated heterocycles. The Balaban J connectivity index is 2.01. The number of benzene rings is 2. The lowest BCUT2D eigenvalue weighted by Gasteiger charge is -2.45. The van der Waals surface area contributed by atoms with Crippen molar-refractivity contribution in [3.8, 4) is 5.75 Å². The standard InChI is InChI=1S/C24H27ClF3N3O3/c25-16-9-15(10-17(29)11-16)19(24(26,27)28)5-6-23(7-8-30-14-32)12-22(34)31-13-20(23)18-3-1-2-4-21(18)33/h1-4,9-11,14,19-20,33H,5-8,12-13,29H2,(H,30,32)(H,31,34). The van der Waals surface area contributed by atoms with E-state index < -0.39 is 23.4 Å².